The lowest BCUT2D eigenvalue weighted by Gasteiger charge is -2.20. The summed E-state index contributed by atoms with van der Waals surface area (Å²) in [6.45, 7) is 0.784. The molecule has 0 saturated carbocycles. The molecule has 0 spiro atoms. The first-order chi connectivity index (χ1) is 8.55. The summed E-state index contributed by atoms with van der Waals surface area (Å²) < 4.78 is 11.1. The Morgan fingerprint density at radius 3 is 2.94 bits per heavy atom. The molecule has 1 unspecified atom stereocenters. The van der Waals surface area contributed by atoms with E-state index in [1.807, 2.05) is 0 Å². The molecule has 1 aromatic rings. The van der Waals surface area contributed by atoms with E-state index in [0.29, 0.717) is 24.5 Å². The van der Waals surface area contributed by atoms with Crippen molar-refractivity contribution in [3.8, 4) is 5.75 Å². The van der Waals surface area contributed by atoms with Crippen LogP contribution in [0.2, 0.25) is 0 Å². The minimum Gasteiger partial charge on any atom is -0.496 e. The molecule has 0 aliphatic carbocycles. The van der Waals surface area contributed by atoms with Crippen molar-refractivity contribution < 1.29 is 14.3 Å². The molecule has 6 heteroatoms. The minimum absolute atomic E-state index is 0.225. The molecule has 1 aliphatic heterocycles. The van der Waals surface area contributed by atoms with Crippen molar-refractivity contribution in [2.45, 2.75) is 12.0 Å². The number of carbonyl (C=O) groups excluding carboxylic acids is 1. The van der Waals surface area contributed by atoms with Crippen molar-refractivity contribution in [1.82, 2.24) is 0 Å². The molecule has 3 N–H and O–H groups in total. The second kappa shape index (κ2) is 5.26. The molecule has 0 aromatic heterocycles. The van der Waals surface area contributed by atoms with Crippen LogP contribution in [0.1, 0.15) is 6.42 Å². The van der Waals surface area contributed by atoms with Gasteiger partial charge < -0.3 is 20.5 Å². The van der Waals surface area contributed by atoms with E-state index in [1.54, 1.807) is 25.3 Å². The molecule has 2 rings (SSSR count). The van der Waals surface area contributed by atoms with E-state index in [-0.39, 0.29) is 12.5 Å². The summed E-state index contributed by atoms with van der Waals surface area (Å²) in [6, 6.07) is 5.31. The Morgan fingerprint density at radius 1 is 1.61 bits per heavy atom. The van der Waals surface area contributed by atoms with E-state index in [9.17, 15) is 4.79 Å². The maximum Gasteiger partial charge on any atom is 0.246 e. The molecule has 18 heavy (non-hydrogen) atoms. The number of nitrogens with one attached hydrogen (secondary N) is 1. The topological polar surface area (TPSA) is 73.6 Å². The highest BCUT2D eigenvalue weighted by atomic mass is 79.9. The van der Waals surface area contributed by atoms with E-state index in [0.717, 1.165) is 4.47 Å². The summed E-state index contributed by atoms with van der Waals surface area (Å²) in [6.07, 6.45) is 0.538. The number of rotatable bonds is 3. The van der Waals surface area contributed by atoms with Crippen LogP contribution >= 0.6 is 15.9 Å². The summed E-state index contributed by atoms with van der Waals surface area (Å²) >= 11 is 3.36. The first-order valence-electron chi connectivity index (χ1n) is 5.57. The van der Waals surface area contributed by atoms with Crippen molar-refractivity contribution in [2.24, 2.45) is 5.73 Å². The molecule has 1 fully saturated rings. The van der Waals surface area contributed by atoms with Crippen LogP contribution in [0.5, 0.6) is 5.75 Å². The first kappa shape index (κ1) is 13.3. The maximum atomic E-state index is 12.0. The number of benzene rings is 1. The Hall–Kier alpha value is -1.11. The molecule has 98 valence electrons. The number of amides is 1. The van der Waals surface area contributed by atoms with Gasteiger partial charge in [-0.2, -0.15) is 0 Å². The van der Waals surface area contributed by atoms with Gasteiger partial charge in [-0.25, -0.2) is 0 Å². The molecule has 1 atom stereocenters. The third kappa shape index (κ3) is 2.66. The number of hydrogen-bond donors (Lipinski definition) is 2. The molecule has 5 nitrogen and oxygen atoms in total. The molecule has 1 aliphatic rings. The fraction of sp³-hybridized carbons (Fsp3) is 0.417. The zero-order chi connectivity index (χ0) is 13.2. The lowest BCUT2D eigenvalue weighted by atomic mass is 9.99. The molecular formula is C12H15BrN2O3. The fourth-order valence-electron chi connectivity index (χ4n) is 1.76. The Bertz CT molecular complexity index is 459. The van der Waals surface area contributed by atoms with Crippen LogP contribution in [0, 0.1) is 0 Å². The van der Waals surface area contributed by atoms with Crippen molar-refractivity contribution in [3.05, 3.63) is 22.7 Å². The number of ether oxygens (including phenoxy) is 2. The predicted octanol–water partition coefficient (Wildman–Crippen LogP) is 1.51. The predicted molar refractivity (Wildman–Crippen MR) is 71.7 cm³/mol. The van der Waals surface area contributed by atoms with Gasteiger partial charge in [-0.3, -0.25) is 4.79 Å². The fourth-order valence-corrected chi connectivity index (χ4v) is 2.30. The summed E-state index contributed by atoms with van der Waals surface area (Å²) in [5.74, 6) is 0.483. The van der Waals surface area contributed by atoms with Gasteiger partial charge in [0.15, 0.2) is 0 Å². The van der Waals surface area contributed by atoms with Gasteiger partial charge in [-0.15, -0.1) is 0 Å². The van der Waals surface area contributed by atoms with Gasteiger partial charge in [0.1, 0.15) is 11.3 Å². The number of carbonyl (C=O) groups is 1. The number of anilines is 1. The van der Waals surface area contributed by atoms with Gasteiger partial charge in [0, 0.05) is 12.3 Å². The van der Waals surface area contributed by atoms with Gasteiger partial charge in [0.2, 0.25) is 5.91 Å². The van der Waals surface area contributed by atoms with E-state index in [2.05, 4.69) is 21.2 Å². The number of methoxy groups -OCH3 is 1. The van der Waals surface area contributed by atoms with Crippen LogP contribution in [0.25, 0.3) is 0 Å². The summed E-state index contributed by atoms with van der Waals surface area (Å²) in [5, 5.41) is 2.79. The molecule has 1 amide bonds. The van der Waals surface area contributed by atoms with Crippen LogP contribution < -0.4 is 15.8 Å². The van der Waals surface area contributed by atoms with E-state index < -0.39 is 5.54 Å². The lowest BCUT2D eigenvalue weighted by Crippen LogP contribution is -2.51. The summed E-state index contributed by atoms with van der Waals surface area (Å²) in [7, 11) is 1.59. The minimum atomic E-state index is -0.924. The Labute approximate surface area is 114 Å². The third-order valence-corrected chi connectivity index (χ3v) is 3.53. The zero-order valence-electron chi connectivity index (χ0n) is 10.0. The van der Waals surface area contributed by atoms with Gasteiger partial charge in [0.25, 0.3) is 0 Å². The maximum absolute atomic E-state index is 12.0. The van der Waals surface area contributed by atoms with E-state index in [1.165, 1.54) is 0 Å². The average Bonchev–Trinajstić information content (AvgIpc) is 2.78. The SMILES string of the molecule is COc1ccc(NC(=O)C2(N)CCOC2)cc1Br. The molecule has 0 radical (unpaired) electrons. The van der Waals surface area contributed by atoms with E-state index in [4.69, 9.17) is 15.2 Å². The summed E-state index contributed by atoms with van der Waals surface area (Å²) in [4.78, 5) is 12.0. The third-order valence-electron chi connectivity index (χ3n) is 2.91. The highest BCUT2D eigenvalue weighted by Gasteiger charge is 2.38. The molecular weight excluding hydrogens is 300 g/mol. The quantitative estimate of drug-likeness (QED) is 0.887. The second-order valence-corrected chi connectivity index (χ2v) is 5.12. The van der Waals surface area contributed by atoms with Crippen molar-refractivity contribution >= 4 is 27.5 Å². The van der Waals surface area contributed by atoms with Crippen LogP contribution in [0.15, 0.2) is 22.7 Å². The zero-order valence-corrected chi connectivity index (χ0v) is 11.6. The van der Waals surface area contributed by atoms with Gasteiger partial charge in [-0.05, 0) is 40.5 Å². The van der Waals surface area contributed by atoms with Gasteiger partial charge >= 0.3 is 0 Å². The number of hydrogen-bond acceptors (Lipinski definition) is 4. The first-order valence-corrected chi connectivity index (χ1v) is 6.36. The van der Waals surface area contributed by atoms with Crippen molar-refractivity contribution in [3.63, 3.8) is 0 Å². The summed E-state index contributed by atoms with van der Waals surface area (Å²) in [5.41, 5.74) is 5.72. The lowest BCUT2D eigenvalue weighted by molar-refractivity contribution is -0.121. The van der Waals surface area contributed by atoms with Gasteiger partial charge in [-0.1, -0.05) is 0 Å². The van der Waals surface area contributed by atoms with Crippen LogP contribution in [0.3, 0.4) is 0 Å². The van der Waals surface area contributed by atoms with Crippen LogP contribution in [-0.4, -0.2) is 31.8 Å². The van der Waals surface area contributed by atoms with Crippen LogP contribution in [-0.2, 0) is 9.53 Å². The Morgan fingerprint density at radius 2 is 2.39 bits per heavy atom. The largest absolute Gasteiger partial charge is 0.496 e. The monoisotopic (exact) mass is 314 g/mol. The normalized spacial score (nSPS) is 22.8. The molecule has 1 aromatic carbocycles. The average molecular weight is 315 g/mol. The number of nitrogens with two attached hydrogens (primary N) is 1. The number of halogens is 1. The second-order valence-electron chi connectivity index (χ2n) is 4.26. The van der Waals surface area contributed by atoms with Crippen molar-refractivity contribution in [1.29, 1.82) is 0 Å². The smallest absolute Gasteiger partial charge is 0.246 e. The Kier molecular flexibility index (Phi) is 3.89. The molecule has 1 saturated heterocycles. The standard InChI is InChI=1S/C12H15BrN2O3/c1-17-10-3-2-8(6-9(10)13)15-11(16)12(14)4-5-18-7-12/h2-3,6H,4-5,7,14H2,1H3,(H,15,16). The van der Waals surface area contributed by atoms with Crippen molar-refractivity contribution in [2.75, 3.05) is 25.6 Å². The van der Waals surface area contributed by atoms with E-state index >= 15 is 0 Å². The highest BCUT2D eigenvalue weighted by molar-refractivity contribution is 9.10. The Balaban J connectivity index is 2.09. The molecule has 1 heterocycles. The van der Waals surface area contributed by atoms with Crippen LogP contribution in [0.4, 0.5) is 5.69 Å². The van der Waals surface area contributed by atoms with Gasteiger partial charge in [0.05, 0.1) is 18.2 Å². The highest BCUT2D eigenvalue weighted by Crippen LogP contribution is 2.28. The molecule has 0 bridgehead atoms.